The van der Waals surface area contributed by atoms with Gasteiger partial charge in [-0.15, -0.1) is 0 Å². The second-order valence-corrected chi connectivity index (χ2v) is 7.39. The van der Waals surface area contributed by atoms with Crippen molar-refractivity contribution in [2.75, 3.05) is 18.4 Å². The second-order valence-electron chi connectivity index (χ2n) is 6.07. The van der Waals surface area contributed by atoms with Crippen LogP contribution in [0.4, 0.5) is 5.69 Å². The lowest BCUT2D eigenvalue weighted by atomic mass is 10.1. The van der Waals surface area contributed by atoms with Gasteiger partial charge in [-0.1, -0.05) is 46.3 Å². The lowest BCUT2D eigenvalue weighted by Crippen LogP contribution is -2.28. The number of halogens is 1. The number of likely N-dealkylation sites (tertiary alicyclic amines) is 1. The highest BCUT2D eigenvalue weighted by molar-refractivity contribution is 9.10. The number of nitrogens with one attached hydrogen (secondary N) is 2. The maximum absolute atomic E-state index is 5.42. The van der Waals surface area contributed by atoms with Crippen LogP contribution >= 0.6 is 28.1 Å². The van der Waals surface area contributed by atoms with Crippen molar-refractivity contribution in [1.82, 2.24) is 10.2 Å². The summed E-state index contributed by atoms with van der Waals surface area (Å²) in [5.41, 5.74) is 3.67. The SMILES string of the molecule is S=C(NCc1ccccc1CN1CCCC1)Nc1cccc(Br)c1. The molecular formula is C19H22BrN3S. The molecule has 2 aromatic rings. The Labute approximate surface area is 157 Å². The minimum Gasteiger partial charge on any atom is -0.358 e. The Kier molecular flexibility index (Phi) is 6.24. The van der Waals surface area contributed by atoms with E-state index in [1.165, 1.54) is 37.1 Å². The summed E-state index contributed by atoms with van der Waals surface area (Å²) in [7, 11) is 0. The van der Waals surface area contributed by atoms with Crippen LogP contribution < -0.4 is 10.6 Å². The maximum atomic E-state index is 5.42. The summed E-state index contributed by atoms with van der Waals surface area (Å²) in [5.74, 6) is 0. The Balaban J connectivity index is 1.56. The van der Waals surface area contributed by atoms with Crippen LogP contribution in [0.15, 0.2) is 53.0 Å². The molecule has 3 rings (SSSR count). The molecule has 3 nitrogen and oxygen atoms in total. The van der Waals surface area contributed by atoms with Gasteiger partial charge >= 0.3 is 0 Å². The zero-order chi connectivity index (χ0) is 16.8. The molecule has 5 heteroatoms. The number of nitrogens with zero attached hydrogens (tertiary/aromatic N) is 1. The smallest absolute Gasteiger partial charge is 0.171 e. The van der Waals surface area contributed by atoms with E-state index in [-0.39, 0.29) is 0 Å². The van der Waals surface area contributed by atoms with Crippen molar-refractivity contribution in [2.45, 2.75) is 25.9 Å². The quantitative estimate of drug-likeness (QED) is 0.716. The van der Waals surface area contributed by atoms with Crippen molar-refractivity contribution in [2.24, 2.45) is 0 Å². The van der Waals surface area contributed by atoms with Crippen LogP contribution in [0.2, 0.25) is 0 Å². The normalized spacial score (nSPS) is 14.5. The first kappa shape index (κ1) is 17.4. The van der Waals surface area contributed by atoms with E-state index in [1.807, 2.05) is 24.3 Å². The zero-order valence-corrected chi connectivity index (χ0v) is 16.0. The molecule has 0 radical (unpaired) electrons. The summed E-state index contributed by atoms with van der Waals surface area (Å²) in [5, 5.41) is 7.19. The van der Waals surface area contributed by atoms with Crippen LogP contribution in [0, 0.1) is 0 Å². The molecule has 1 saturated heterocycles. The van der Waals surface area contributed by atoms with Gasteiger partial charge in [0.2, 0.25) is 0 Å². The molecule has 0 aliphatic carbocycles. The molecule has 24 heavy (non-hydrogen) atoms. The fourth-order valence-electron chi connectivity index (χ4n) is 2.98. The minimum atomic E-state index is 0.643. The molecule has 2 N–H and O–H groups in total. The number of benzene rings is 2. The molecule has 0 saturated carbocycles. The predicted octanol–water partition coefficient (Wildman–Crippen LogP) is 4.53. The lowest BCUT2D eigenvalue weighted by Gasteiger charge is -2.18. The highest BCUT2D eigenvalue weighted by Crippen LogP contribution is 2.17. The van der Waals surface area contributed by atoms with Crippen LogP contribution in [0.5, 0.6) is 0 Å². The number of hydrogen-bond donors (Lipinski definition) is 2. The second kappa shape index (κ2) is 8.60. The Morgan fingerprint density at radius 1 is 1.04 bits per heavy atom. The molecule has 1 fully saturated rings. The third-order valence-electron chi connectivity index (χ3n) is 4.23. The number of thiocarbonyl (C=S) groups is 1. The van der Waals surface area contributed by atoms with Crippen molar-refractivity contribution in [1.29, 1.82) is 0 Å². The predicted molar refractivity (Wildman–Crippen MR) is 108 cm³/mol. The molecule has 1 aliphatic heterocycles. The Morgan fingerprint density at radius 2 is 1.79 bits per heavy atom. The van der Waals surface area contributed by atoms with Crippen LogP contribution in [0.1, 0.15) is 24.0 Å². The molecule has 0 atom stereocenters. The molecule has 0 amide bonds. The third kappa shape index (κ3) is 5.03. The first-order valence-electron chi connectivity index (χ1n) is 8.30. The van der Waals surface area contributed by atoms with Crippen LogP contribution in [-0.2, 0) is 13.1 Å². The summed E-state index contributed by atoms with van der Waals surface area (Å²) in [6.45, 7) is 4.20. The topological polar surface area (TPSA) is 27.3 Å². The molecule has 0 bridgehead atoms. The largest absolute Gasteiger partial charge is 0.358 e. The summed E-state index contributed by atoms with van der Waals surface area (Å²) in [6.07, 6.45) is 2.64. The molecule has 0 spiro atoms. The average Bonchev–Trinajstić information content (AvgIpc) is 3.07. The summed E-state index contributed by atoms with van der Waals surface area (Å²) in [6, 6.07) is 16.6. The van der Waals surface area contributed by atoms with Crippen molar-refractivity contribution in [3.63, 3.8) is 0 Å². The summed E-state index contributed by atoms with van der Waals surface area (Å²) >= 11 is 8.89. The zero-order valence-electron chi connectivity index (χ0n) is 13.6. The van der Waals surface area contributed by atoms with Crippen LogP contribution in [0.25, 0.3) is 0 Å². The Hall–Kier alpha value is -1.43. The van der Waals surface area contributed by atoms with Gasteiger partial charge in [-0.3, -0.25) is 4.90 Å². The first-order chi connectivity index (χ1) is 11.7. The highest BCUT2D eigenvalue weighted by atomic mass is 79.9. The monoisotopic (exact) mass is 403 g/mol. The van der Waals surface area contributed by atoms with E-state index in [2.05, 4.69) is 55.7 Å². The van der Waals surface area contributed by atoms with Gasteiger partial charge in [0.1, 0.15) is 0 Å². The molecule has 0 unspecified atom stereocenters. The minimum absolute atomic E-state index is 0.643. The van der Waals surface area contributed by atoms with Gasteiger partial charge in [0.15, 0.2) is 5.11 Å². The number of rotatable bonds is 5. The van der Waals surface area contributed by atoms with Gasteiger partial charge in [0.05, 0.1) is 0 Å². The number of hydrogen-bond acceptors (Lipinski definition) is 2. The van der Waals surface area contributed by atoms with E-state index >= 15 is 0 Å². The molecular weight excluding hydrogens is 382 g/mol. The van der Waals surface area contributed by atoms with E-state index in [9.17, 15) is 0 Å². The van der Waals surface area contributed by atoms with Crippen LogP contribution in [-0.4, -0.2) is 23.1 Å². The Bertz CT molecular complexity index is 699. The van der Waals surface area contributed by atoms with Crippen molar-refractivity contribution in [3.05, 3.63) is 64.1 Å². The fourth-order valence-corrected chi connectivity index (χ4v) is 3.57. The molecule has 1 aliphatic rings. The standard InChI is InChI=1S/C19H22BrN3S/c20-17-8-5-9-18(12-17)22-19(24)21-13-15-6-1-2-7-16(15)14-23-10-3-4-11-23/h1-2,5-9,12H,3-4,10-11,13-14H2,(H2,21,22,24). The fraction of sp³-hybridized carbons (Fsp3) is 0.316. The van der Waals surface area contributed by atoms with Crippen molar-refractivity contribution < 1.29 is 0 Å². The van der Waals surface area contributed by atoms with Gasteiger partial charge in [0, 0.05) is 23.2 Å². The highest BCUT2D eigenvalue weighted by Gasteiger charge is 2.13. The average molecular weight is 404 g/mol. The Morgan fingerprint density at radius 3 is 2.54 bits per heavy atom. The first-order valence-corrected chi connectivity index (χ1v) is 9.50. The third-order valence-corrected chi connectivity index (χ3v) is 4.97. The van der Waals surface area contributed by atoms with Gasteiger partial charge in [-0.25, -0.2) is 0 Å². The van der Waals surface area contributed by atoms with E-state index in [1.54, 1.807) is 0 Å². The number of anilines is 1. The van der Waals surface area contributed by atoms with Gasteiger partial charge in [0.25, 0.3) is 0 Å². The van der Waals surface area contributed by atoms with E-state index in [0.29, 0.717) is 5.11 Å². The lowest BCUT2D eigenvalue weighted by molar-refractivity contribution is 0.330. The van der Waals surface area contributed by atoms with E-state index in [4.69, 9.17) is 12.2 Å². The van der Waals surface area contributed by atoms with Gasteiger partial charge in [-0.05, 0) is 67.5 Å². The molecule has 126 valence electrons. The maximum Gasteiger partial charge on any atom is 0.171 e. The van der Waals surface area contributed by atoms with Gasteiger partial charge < -0.3 is 10.6 Å². The van der Waals surface area contributed by atoms with Gasteiger partial charge in [-0.2, -0.15) is 0 Å². The summed E-state index contributed by atoms with van der Waals surface area (Å²) in [4.78, 5) is 2.52. The molecule has 2 aromatic carbocycles. The molecule has 1 heterocycles. The molecule has 0 aromatic heterocycles. The van der Waals surface area contributed by atoms with Crippen molar-refractivity contribution in [3.8, 4) is 0 Å². The van der Waals surface area contributed by atoms with E-state index < -0.39 is 0 Å². The summed E-state index contributed by atoms with van der Waals surface area (Å²) < 4.78 is 1.03. The van der Waals surface area contributed by atoms with E-state index in [0.717, 1.165) is 23.2 Å². The van der Waals surface area contributed by atoms with Crippen molar-refractivity contribution >= 4 is 38.9 Å². The van der Waals surface area contributed by atoms with Crippen LogP contribution in [0.3, 0.4) is 0 Å².